The lowest BCUT2D eigenvalue weighted by Crippen LogP contribution is -2.98. The first-order valence-electron chi connectivity index (χ1n) is 12.8. The molecule has 1 unspecified atom stereocenters. The first-order valence-corrected chi connectivity index (χ1v) is 12.8. The molecule has 0 radical (unpaired) electrons. The number of aryl methyl sites for hydroxylation is 1. The van der Waals surface area contributed by atoms with Crippen LogP contribution in [0.3, 0.4) is 0 Å². The Morgan fingerprint density at radius 3 is 1.07 bits per heavy atom. The summed E-state index contributed by atoms with van der Waals surface area (Å²) in [5, 5.41) is 11.4. The monoisotopic (exact) mass is 529 g/mol. The molecular formula is C34H27NO5. The van der Waals surface area contributed by atoms with Gasteiger partial charge in [-0.15, -0.1) is 0 Å². The van der Waals surface area contributed by atoms with Crippen LogP contribution < -0.4 is 14.5 Å². The molecule has 0 aromatic heterocycles. The molecule has 5 aromatic rings. The molecule has 0 bridgehead atoms. The Kier molecular flexibility index (Phi) is 7.82. The van der Waals surface area contributed by atoms with E-state index in [4.69, 9.17) is 9.47 Å². The number of ketones is 2. The number of rotatable bonds is 9. The molecule has 1 N–H and O–H groups in total. The van der Waals surface area contributed by atoms with E-state index in [-0.39, 0.29) is 16.6 Å². The van der Waals surface area contributed by atoms with Crippen LogP contribution >= 0.6 is 0 Å². The number of nitrogens with one attached hydrogen (secondary N) is 1. The minimum atomic E-state index is -0.140. The van der Waals surface area contributed by atoms with Crippen LogP contribution in [0.4, 0.5) is 5.69 Å². The van der Waals surface area contributed by atoms with Crippen LogP contribution in [-0.4, -0.2) is 18.6 Å². The summed E-state index contributed by atoms with van der Waals surface area (Å²) in [6, 6.07) is 35.2. The largest absolute Gasteiger partial charge is 0.629 e. The maximum absolute atomic E-state index is 13.0. The van der Waals surface area contributed by atoms with Crippen molar-refractivity contribution in [3.63, 3.8) is 0 Å². The molecule has 6 nitrogen and oxygen atoms in total. The molecule has 6 heteroatoms. The molecule has 0 saturated carbocycles. The second kappa shape index (κ2) is 11.8. The lowest BCUT2D eigenvalue weighted by molar-refractivity contribution is -0.751. The fourth-order valence-electron chi connectivity index (χ4n) is 4.09. The number of carbonyl (C=O) groups is 2. The van der Waals surface area contributed by atoms with Crippen molar-refractivity contribution in [2.45, 2.75) is 6.92 Å². The zero-order chi connectivity index (χ0) is 28.1. The lowest BCUT2D eigenvalue weighted by Gasteiger charge is -2.15. The average molecular weight is 530 g/mol. The molecule has 0 fully saturated rings. The van der Waals surface area contributed by atoms with Crippen molar-refractivity contribution in [1.29, 1.82) is 0 Å². The van der Waals surface area contributed by atoms with Gasteiger partial charge in [0.2, 0.25) is 0 Å². The topological polar surface area (TPSA) is 80.1 Å². The van der Waals surface area contributed by atoms with Crippen molar-refractivity contribution >= 4 is 17.3 Å². The molecule has 0 aliphatic carbocycles. The van der Waals surface area contributed by atoms with E-state index in [2.05, 4.69) is 0 Å². The minimum absolute atomic E-state index is 0.0452. The van der Waals surface area contributed by atoms with Gasteiger partial charge in [0, 0.05) is 34.4 Å². The van der Waals surface area contributed by atoms with Crippen LogP contribution in [0.25, 0.3) is 0 Å². The van der Waals surface area contributed by atoms with Crippen LogP contribution in [0, 0.1) is 12.1 Å². The van der Waals surface area contributed by atoms with Gasteiger partial charge < -0.3 is 19.7 Å². The number of ether oxygens (including phenoxy) is 2. The summed E-state index contributed by atoms with van der Waals surface area (Å²) in [5.41, 5.74) is 3.84. The van der Waals surface area contributed by atoms with Crippen LogP contribution in [0.5, 0.6) is 23.0 Å². The molecule has 5 rings (SSSR count). The van der Waals surface area contributed by atoms with Gasteiger partial charge in [-0.3, -0.25) is 9.59 Å². The highest BCUT2D eigenvalue weighted by molar-refractivity contribution is 6.09. The average Bonchev–Trinajstić information content (AvgIpc) is 2.99. The van der Waals surface area contributed by atoms with E-state index in [1.165, 1.54) is 7.05 Å². The number of hydroxylamine groups is 1. The normalized spacial score (nSPS) is 11.5. The lowest BCUT2D eigenvalue weighted by atomic mass is 10.0. The summed E-state index contributed by atoms with van der Waals surface area (Å²) < 4.78 is 11.7. The Hall–Kier alpha value is -5.04. The molecule has 0 aliphatic heterocycles. The van der Waals surface area contributed by atoms with Crippen molar-refractivity contribution in [3.8, 4) is 23.0 Å². The summed E-state index contributed by atoms with van der Waals surface area (Å²) >= 11 is 0. The van der Waals surface area contributed by atoms with Gasteiger partial charge in [0.05, 0.1) is 7.05 Å². The third-order valence-corrected chi connectivity index (χ3v) is 6.40. The van der Waals surface area contributed by atoms with E-state index in [1.807, 2.05) is 31.2 Å². The smallest absolute Gasteiger partial charge is 0.193 e. The second-order valence-electron chi connectivity index (χ2n) is 9.38. The molecule has 0 saturated heterocycles. The van der Waals surface area contributed by atoms with Crippen LogP contribution in [0.1, 0.15) is 37.4 Å². The number of carbonyl (C=O) groups excluding carboxylic acids is 2. The molecule has 40 heavy (non-hydrogen) atoms. The Morgan fingerprint density at radius 2 is 0.775 bits per heavy atom. The Balaban J connectivity index is 1.19. The first kappa shape index (κ1) is 26.6. The minimum Gasteiger partial charge on any atom is -0.629 e. The van der Waals surface area contributed by atoms with Gasteiger partial charge in [-0.25, -0.2) is 0 Å². The Labute approximate surface area is 232 Å². The van der Waals surface area contributed by atoms with Crippen molar-refractivity contribution in [1.82, 2.24) is 0 Å². The number of quaternary nitrogens is 1. The van der Waals surface area contributed by atoms with Crippen LogP contribution in [0.15, 0.2) is 121 Å². The third kappa shape index (κ3) is 6.32. The molecule has 1 atom stereocenters. The van der Waals surface area contributed by atoms with Crippen molar-refractivity contribution in [2.75, 3.05) is 7.05 Å². The van der Waals surface area contributed by atoms with Gasteiger partial charge in [0.1, 0.15) is 28.7 Å². The van der Waals surface area contributed by atoms with Gasteiger partial charge in [-0.2, -0.15) is 0 Å². The summed E-state index contributed by atoms with van der Waals surface area (Å²) in [4.78, 5) is 25.7. The van der Waals surface area contributed by atoms with Gasteiger partial charge >= 0.3 is 0 Å². The number of benzene rings is 5. The second-order valence-corrected chi connectivity index (χ2v) is 9.38. The van der Waals surface area contributed by atoms with E-state index < -0.39 is 0 Å². The molecule has 0 aliphatic rings. The van der Waals surface area contributed by atoms with Crippen molar-refractivity contribution in [2.24, 2.45) is 0 Å². The zero-order valence-electron chi connectivity index (χ0n) is 22.1. The molecule has 0 spiro atoms. The van der Waals surface area contributed by atoms with E-state index in [1.54, 1.807) is 97.1 Å². The fourth-order valence-corrected chi connectivity index (χ4v) is 4.09. The van der Waals surface area contributed by atoms with Crippen molar-refractivity contribution < 1.29 is 24.1 Å². The predicted octanol–water partition coefficient (Wildman–Crippen LogP) is 6.69. The summed E-state index contributed by atoms with van der Waals surface area (Å²) in [6.45, 7) is 2.02. The zero-order valence-corrected chi connectivity index (χ0v) is 22.1. The van der Waals surface area contributed by atoms with E-state index in [0.717, 1.165) is 11.3 Å². The predicted molar refractivity (Wildman–Crippen MR) is 154 cm³/mol. The Morgan fingerprint density at radius 1 is 0.500 bits per heavy atom. The molecule has 0 heterocycles. The summed E-state index contributed by atoms with van der Waals surface area (Å²) in [5.74, 6) is 2.28. The summed E-state index contributed by atoms with van der Waals surface area (Å²) in [6.07, 6.45) is 0. The standard InChI is InChI=1S/C34H27NO5/c1-23-3-15-29(16-4-23)39-30-17-9-26(10-18-30)34(37)27-11-21-32(22-12-27)40-31-19-7-25(8-20-31)33(36)24-5-13-28(14-6-24)35(2)38/h3-22,35H,1-2H3. The first-order chi connectivity index (χ1) is 19.4. The number of hydrogen-bond donors (Lipinski definition) is 1. The third-order valence-electron chi connectivity index (χ3n) is 6.40. The van der Waals surface area contributed by atoms with Gasteiger partial charge in [-0.1, -0.05) is 17.7 Å². The molecule has 0 amide bonds. The highest BCUT2D eigenvalue weighted by Gasteiger charge is 2.12. The number of hydrogen-bond acceptors (Lipinski definition) is 5. The van der Waals surface area contributed by atoms with Gasteiger partial charge in [0.25, 0.3) is 0 Å². The van der Waals surface area contributed by atoms with Crippen LogP contribution in [0.2, 0.25) is 0 Å². The van der Waals surface area contributed by atoms with Crippen molar-refractivity contribution in [3.05, 3.63) is 154 Å². The maximum atomic E-state index is 13.0. The molecule has 5 aromatic carbocycles. The maximum Gasteiger partial charge on any atom is 0.193 e. The van der Waals surface area contributed by atoms with Gasteiger partial charge in [0.15, 0.2) is 11.6 Å². The molecular weight excluding hydrogens is 502 g/mol. The van der Waals surface area contributed by atoms with E-state index in [9.17, 15) is 14.8 Å². The fraction of sp³-hybridized carbons (Fsp3) is 0.0588. The highest BCUT2D eigenvalue weighted by Crippen LogP contribution is 2.25. The highest BCUT2D eigenvalue weighted by atomic mass is 16.5. The van der Waals surface area contributed by atoms with E-state index >= 15 is 0 Å². The summed E-state index contributed by atoms with van der Waals surface area (Å²) in [7, 11) is 1.49. The van der Waals surface area contributed by atoms with Crippen LogP contribution in [-0.2, 0) is 0 Å². The SMILES string of the molecule is Cc1ccc(Oc2ccc(C(=O)c3ccc(Oc4ccc(C(=O)c5ccc([NH+](C)[O-])cc5)cc4)cc3)cc2)cc1. The van der Waals surface area contributed by atoms with Gasteiger partial charge in [-0.05, 0) is 104 Å². The van der Waals surface area contributed by atoms with E-state index in [0.29, 0.717) is 45.2 Å². The quantitative estimate of drug-likeness (QED) is 0.170. The molecule has 198 valence electrons. The Bertz CT molecular complexity index is 1610.